The summed E-state index contributed by atoms with van der Waals surface area (Å²) in [7, 11) is 0. The lowest BCUT2D eigenvalue weighted by molar-refractivity contribution is 0.333. The fraction of sp³-hybridized carbons (Fsp3) is 0.917. The van der Waals surface area contributed by atoms with Gasteiger partial charge in [0, 0.05) is 23.7 Å². The molecule has 1 atom stereocenters. The molecule has 0 N–H and O–H groups in total. The molecule has 0 radical (unpaired) electrons. The van der Waals surface area contributed by atoms with Gasteiger partial charge in [-0.2, -0.15) is 0 Å². The highest BCUT2D eigenvalue weighted by Gasteiger charge is 2.23. The molecule has 1 rings (SSSR count). The second-order valence-corrected chi connectivity index (χ2v) is 7.13. The Morgan fingerprint density at radius 3 is 2.25 bits per heavy atom. The van der Waals surface area contributed by atoms with Gasteiger partial charge in [-0.3, -0.25) is 4.99 Å². The molecular weight excluding hydrogens is 284 g/mol. The molecule has 1 aliphatic rings. The summed E-state index contributed by atoms with van der Waals surface area (Å²) in [5.41, 5.74) is 0. The van der Waals surface area contributed by atoms with Gasteiger partial charge in [-0.25, -0.2) is 0 Å². The number of halogens is 1. The van der Waals surface area contributed by atoms with Crippen molar-refractivity contribution >= 4 is 32.9 Å². The Bertz CT molecular complexity index is 231. The van der Waals surface area contributed by atoms with Gasteiger partial charge in [0.05, 0.1) is 6.54 Å². The Labute approximate surface area is 112 Å². The average Bonchev–Trinajstić information content (AvgIpc) is 2.63. The molecule has 0 aromatic rings. The second-order valence-electron chi connectivity index (χ2n) is 5.21. The van der Waals surface area contributed by atoms with E-state index in [0.29, 0.717) is 17.1 Å². The van der Waals surface area contributed by atoms with Gasteiger partial charge in [0.1, 0.15) is 0 Å². The standard InChI is InChI=1S/C12H23BrN2S/c1-9(2)7-15(8-10(3)4)12-14-6-11(5-13)16-12/h9-11H,5-8H2,1-4H3. The Balaban J connectivity index is 2.55. The first-order valence-electron chi connectivity index (χ1n) is 6.05. The maximum atomic E-state index is 4.67. The molecule has 0 spiro atoms. The van der Waals surface area contributed by atoms with E-state index in [0.717, 1.165) is 25.0 Å². The second kappa shape index (κ2) is 6.90. The average molecular weight is 307 g/mol. The summed E-state index contributed by atoms with van der Waals surface area (Å²) in [5, 5.41) is 2.94. The third-order valence-electron chi connectivity index (χ3n) is 2.32. The topological polar surface area (TPSA) is 15.6 Å². The zero-order valence-corrected chi connectivity index (χ0v) is 13.1. The summed E-state index contributed by atoms with van der Waals surface area (Å²) in [6.45, 7) is 12.3. The number of nitrogens with zero attached hydrogens (tertiary/aromatic N) is 2. The highest BCUT2D eigenvalue weighted by Crippen LogP contribution is 2.25. The molecule has 1 heterocycles. The van der Waals surface area contributed by atoms with Crippen LogP contribution in [0.15, 0.2) is 4.99 Å². The van der Waals surface area contributed by atoms with Gasteiger partial charge in [0.25, 0.3) is 0 Å². The van der Waals surface area contributed by atoms with Crippen LogP contribution in [0.5, 0.6) is 0 Å². The fourth-order valence-corrected chi connectivity index (χ4v) is 3.33. The lowest BCUT2D eigenvalue weighted by atomic mass is 10.1. The van der Waals surface area contributed by atoms with E-state index in [-0.39, 0.29) is 0 Å². The summed E-state index contributed by atoms with van der Waals surface area (Å²) in [6.07, 6.45) is 0. The minimum Gasteiger partial charge on any atom is -0.351 e. The van der Waals surface area contributed by atoms with Crippen LogP contribution >= 0.6 is 27.7 Å². The van der Waals surface area contributed by atoms with Crippen LogP contribution in [0.3, 0.4) is 0 Å². The van der Waals surface area contributed by atoms with Crippen molar-refractivity contribution in [3.8, 4) is 0 Å². The first-order valence-corrected chi connectivity index (χ1v) is 8.05. The minimum absolute atomic E-state index is 0.636. The third-order valence-corrected chi connectivity index (χ3v) is 4.77. The van der Waals surface area contributed by atoms with Crippen LogP contribution in [0.2, 0.25) is 0 Å². The Morgan fingerprint density at radius 1 is 1.31 bits per heavy atom. The van der Waals surface area contributed by atoms with Crippen LogP contribution in [-0.4, -0.2) is 40.3 Å². The molecule has 0 aliphatic carbocycles. The molecule has 0 aromatic heterocycles. The van der Waals surface area contributed by atoms with Gasteiger partial charge in [-0.15, -0.1) is 0 Å². The van der Waals surface area contributed by atoms with Crippen LogP contribution in [-0.2, 0) is 0 Å². The number of aliphatic imine (C=N–C) groups is 1. The van der Waals surface area contributed by atoms with Crippen molar-refractivity contribution in [3.63, 3.8) is 0 Å². The number of rotatable bonds is 5. The van der Waals surface area contributed by atoms with Crippen LogP contribution in [0, 0.1) is 11.8 Å². The molecule has 0 saturated heterocycles. The van der Waals surface area contributed by atoms with E-state index < -0.39 is 0 Å². The highest BCUT2D eigenvalue weighted by molar-refractivity contribution is 9.09. The summed E-state index contributed by atoms with van der Waals surface area (Å²) >= 11 is 5.47. The van der Waals surface area contributed by atoms with Crippen LogP contribution in [0.4, 0.5) is 0 Å². The zero-order valence-electron chi connectivity index (χ0n) is 10.7. The van der Waals surface area contributed by atoms with E-state index in [9.17, 15) is 0 Å². The van der Waals surface area contributed by atoms with Gasteiger partial charge < -0.3 is 4.90 Å². The maximum absolute atomic E-state index is 4.67. The molecule has 16 heavy (non-hydrogen) atoms. The Morgan fingerprint density at radius 2 is 1.88 bits per heavy atom. The van der Waals surface area contributed by atoms with Gasteiger partial charge in [-0.1, -0.05) is 55.4 Å². The van der Waals surface area contributed by atoms with Crippen molar-refractivity contribution in [2.75, 3.05) is 25.0 Å². The summed E-state index contributed by atoms with van der Waals surface area (Å²) < 4.78 is 0. The normalized spacial score (nSPS) is 20.7. The molecular formula is C12H23BrN2S. The van der Waals surface area contributed by atoms with Gasteiger partial charge >= 0.3 is 0 Å². The minimum atomic E-state index is 0.636. The smallest absolute Gasteiger partial charge is 0.159 e. The van der Waals surface area contributed by atoms with E-state index >= 15 is 0 Å². The summed E-state index contributed by atoms with van der Waals surface area (Å²) in [4.78, 5) is 7.13. The number of hydrogen-bond donors (Lipinski definition) is 0. The van der Waals surface area contributed by atoms with Gasteiger partial charge in [0.2, 0.25) is 0 Å². The molecule has 1 aliphatic heterocycles. The third kappa shape index (κ3) is 4.66. The van der Waals surface area contributed by atoms with E-state index in [4.69, 9.17) is 0 Å². The van der Waals surface area contributed by atoms with E-state index in [1.807, 2.05) is 11.8 Å². The predicted octanol–water partition coefficient (Wildman–Crippen LogP) is 3.47. The number of hydrogen-bond acceptors (Lipinski definition) is 3. The molecule has 0 saturated carbocycles. The first kappa shape index (κ1) is 14.4. The van der Waals surface area contributed by atoms with Crippen molar-refractivity contribution in [3.05, 3.63) is 0 Å². The number of thioether (sulfide) groups is 1. The molecule has 0 amide bonds. The van der Waals surface area contributed by atoms with Crippen LogP contribution in [0.25, 0.3) is 0 Å². The summed E-state index contributed by atoms with van der Waals surface area (Å²) in [6, 6.07) is 0. The Kier molecular flexibility index (Phi) is 6.19. The predicted molar refractivity (Wildman–Crippen MR) is 78.7 cm³/mol. The number of alkyl halides is 1. The van der Waals surface area contributed by atoms with Gasteiger partial charge in [-0.05, 0) is 11.8 Å². The van der Waals surface area contributed by atoms with Crippen molar-refractivity contribution < 1.29 is 0 Å². The lowest BCUT2D eigenvalue weighted by Gasteiger charge is -2.27. The van der Waals surface area contributed by atoms with E-state index in [1.54, 1.807) is 0 Å². The van der Waals surface area contributed by atoms with E-state index in [2.05, 4.69) is 53.5 Å². The van der Waals surface area contributed by atoms with E-state index in [1.165, 1.54) is 5.17 Å². The number of amidine groups is 1. The highest BCUT2D eigenvalue weighted by atomic mass is 79.9. The fourth-order valence-electron chi connectivity index (χ4n) is 1.77. The summed E-state index contributed by atoms with van der Waals surface area (Å²) in [5.74, 6) is 1.40. The first-order chi connectivity index (χ1) is 7.52. The molecule has 94 valence electrons. The zero-order chi connectivity index (χ0) is 12.1. The molecule has 2 nitrogen and oxygen atoms in total. The van der Waals surface area contributed by atoms with Crippen molar-refractivity contribution in [2.45, 2.75) is 32.9 Å². The maximum Gasteiger partial charge on any atom is 0.159 e. The SMILES string of the molecule is CC(C)CN(CC(C)C)C1=NCC(CBr)S1. The lowest BCUT2D eigenvalue weighted by Crippen LogP contribution is -2.35. The van der Waals surface area contributed by atoms with Crippen molar-refractivity contribution in [1.29, 1.82) is 0 Å². The molecule has 0 bridgehead atoms. The monoisotopic (exact) mass is 306 g/mol. The van der Waals surface area contributed by atoms with Crippen LogP contribution < -0.4 is 0 Å². The quantitative estimate of drug-likeness (QED) is 0.723. The van der Waals surface area contributed by atoms with Crippen molar-refractivity contribution in [2.24, 2.45) is 16.8 Å². The molecule has 0 fully saturated rings. The van der Waals surface area contributed by atoms with Crippen LogP contribution in [0.1, 0.15) is 27.7 Å². The molecule has 1 unspecified atom stereocenters. The Hall–Kier alpha value is 0.300. The van der Waals surface area contributed by atoms with Gasteiger partial charge in [0.15, 0.2) is 5.17 Å². The molecule has 0 aromatic carbocycles. The van der Waals surface area contributed by atoms with Crippen molar-refractivity contribution in [1.82, 2.24) is 4.90 Å². The largest absolute Gasteiger partial charge is 0.351 e. The molecule has 4 heteroatoms.